The molecule has 1 aromatic carbocycles. The van der Waals surface area contributed by atoms with E-state index in [9.17, 15) is 8.42 Å². The second-order valence-corrected chi connectivity index (χ2v) is 8.08. The van der Waals surface area contributed by atoms with E-state index >= 15 is 0 Å². The lowest BCUT2D eigenvalue weighted by Crippen LogP contribution is -2.35. The van der Waals surface area contributed by atoms with Crippen molar-refractivity contribution >= 4 is 21.4 Å². The maximum absolute atomic E-state index is 12.3. The summed E-state index contributed by atoms with van der Waals surface area (Å²) in [5, 5.41) is 4.04. The minimum Gasteiger partial charge on any atom is -0.497 e. The Morgan fingerprint density at radius 1 is 1.30 bits per heavy atom. The molecule has 0 aliphatic heterocycles. The summed E-state index contributed by atoms with van der Waals surface area (Å²) < 4.78 is 32.5. The van der Waals surface area contributed by atoms with Crippen LogP contribution in [0.25, 0.3) is 0 Å². The number of methoxy groups -OCH3 is 1. The average Bonchev–Trinajstić information content (AvgIpc) is 3.00. The summed E-state index contributed by atoms with van der Waals surface area (Å²) in [6, 6.07) is 9.14. The van der Waals surface area contributed by atoms with E-state index in [2.05, 4.69) is 4.72 Å². The molecular formula is C16H22N2O3S2. The van der Waals surface area contributed by atoms with Crippen LogP contribution in [0.5, 0.6) is 5.75 Å². The van der Waals surface area contributed by atoms with E-state index in [4.69, 9.17) is 4.74 Å². The highest BCUT2D eigenvalue weighted by Gasteiger charge is 2.19. The number of thiophene rings is 1. The third-order valence-electron chi connectivity index (χ3n) is 3.54. The van der Waals surface area contributed by atoms with E-state index in [0.717, 1.165) is 5.56 Å². The van der Waals surface area contributed by atoms with Gasteiger partial charge in [0.1, 0.15) is 5.75 Å². The fourth-order valence-electron chi connectivity index (χ4n) is 2.30. The Morgan fingerprint density at radius 2 is 2.09 bits per heavy atom. The molecule has 0 spiro atoms. The van der Waals surface area contributed by atoms with E-state index in [0.29, 0.717) is 17.9 Å². The number of hydrogen-bond donors (Lipinski definition) is 1. The summed E-state index contributed by atoms with van der Waals surface area (Å²) >= 11 is 1.61. The molecule has 126 valence electrons. The van der Waals surface area contributed by atoms with Crippen LogP contribution < -0.4 is 9.46 Å². The Morgan fingerprint density at radius 3 is 2.70 bits per heavy atom. The minimum absolute atomic E-state index is 0.0151. The van der Waals surface area contributed by atoms with Crippen molar-refractivity contribution in [2.45, 2.75) is 11.8 Å². The molecule has 0 saturated heterocycles. The summed E-state index contributed by atoms with van der Waals surface area (Å²) in [7, 11) is 2.04. The van der Waals surface area contributed by atoms with Gasteiger partial charge in [0, 0.05) is 12.6 Å². The van der Waals surface area contributed by atoms with Crippen LogP contribution in [-0.4, -0.2) is 41.1 Å². The Kier molecular flexibility index (Phi) is 6.17. The van der Waals surface area contributed by atoms with Gasteiger partial charge in [-0.25, -0.2) is 13.1 Å². The zero-order valence-electron chi connectivity index (χ0n) is 13.5. The molecule has 23 heavy (non-hydrogen) atoms. The predicted octanol–water partition coefficient (Wildman–Crippen LogP) is 2.48. The third kappa shape index (κ3) is 5.31. The van der Waals surface area contributed by atoms with E-state index < -0.39 is 10.0 Å². The molecule has 0 fully saturated rings. The monoisotopic (exact) mass is 354 g/mol. The first-order valence-corrected chi connectivity index (χ1v) is 9.79. The summed E-state index contributed by atoms with van der Waals surface area (Å²) in [4.78, 5) is 2.01. The molecule has 5 nitrogen and oxygen atoms in total. The topological polar surface area (TPSA) is 58.6 Å². The summed E-state index contributed by atoms with van der Waals surface area (Å²) in [5.74, 6) is 0.593. The molecule has 1 heterocycles. The van der Waals surface area contributed by atoms with Gasteiger partial charge in [-0.2, -0.15) is 11.3 Å². The smallest absolute Gasteiger partial charge is 0.215 e. The highest BCUT2D eigenvalue weighted by molar-refractivity contribution is 7.88. The van der Waals surface area contributed by atoms with Crippen LogP contribution >= 0.6 is 11.3 Å². The van der Waals surface area contributed by atoms with Gasteiger partial charge in [-0.05, 0) is 54.2 Å². The lowest BCUT2D eigenvalue weighted by molar-refractivity contribution is 0.300. The number of benzene rings is 1. The van der Waals surface area contributed by atoms with Gasteiger partial charge in [-0.3, -0.25) is 0 Å². The Labute approximate surface area is 142 Å². The molecule has 0 aliphatic rings. The van der Waals surface area contributed by atoms with Crippen molar-refractivity contribution in [2.24, 2.45) is 0 Å². The van der Waals surface area contributed by atoms with Crippen LogP contribution in [0, 0.1) is 0 Å². The SMILES string of the molecule is COc1cccc(CS(=O)(=O)NCC(c2ccsc2)N(C)C)c1. The van der Waals surface area contributed by atoms with E-state index in [-0.39, 0.29) is 11.8 Å². The largest absolute Gasteiger partial charge is 0.497 e. The fourth-order valence-corrected chi connectivity index (χ4v) is 4.14. The number of nitrogens with one attached hydrogen (secondary N) is 1. The predicted molar refractivity (Wildman–Crippen MR) is 94.4 cm³/mol. The molecule has 7 heteroatoms. The standard InChI is InChI=1S/C16H22N2O3S2/c1-18(2)16(14-7-8-22-11-14)10-17-23(19,20)12-13-5-4-6-15(9-13)21-3/h4-9,11,16-17H,10,12H2,1-3H3. The molecule has 0 amide bonds. The van der Waals surface area contributed by atoms with Gasteiger partial charge in [-0.15, -0.1) is 0 Å². The van der Waals surface area contributed by atoms with Crippen LogP contribution in [0.15, 0.2) is 41.1 Å². The van der Waals surface area contributed by atoms with E-state index in [1.54, 1.807) is 42.7 Å². The molecule has 2 rings (SSSR count). The van der Waals surface area contributed by atoms with E-state index in [1.807, 2.05) is 35.8 Å². The van der Waals surface area contributed by atoms with Gasteiger partial charge in [0.25, 0.3) is 0 Å². The van der Waals surface area contributed by atoms with Crippen LogP contribution in [0.1, 0.15) is 17.2 Å². The van der Waals surface area contributed by atoms with Crippen molar-refractivity contribution in [1.82, 2.24) is 9.62 Å². The van der Waals surface area contributed by atoms with Crippen molar-refractivity contribution in [3.63, 3.8) is 0 Å². The molecule has 0 saturated carbocycles. The first-order valence-electron chi connectivity index (χ1n) is 7.20. The fraction of sp³-hybridized carbons (Fsp3) is 0.375. The first kappa shape index (κ1) is 17.9. The van der Waals surface area contributed by atoms with Crippen molar-refractivity contribution in [2.75, 3.05) is 27.7 Å². The van der Waals surface area contributed by atoms with Crippen molar-refractivity contribution < 1.29 is 13.2 Å². The molecule has 0 radical (unpaired) electrons. The second kappa shape index (κ2) is 7.92. The highest BCUT2D eigenvalue weighted by atomic mass is 32.2. The Hall–Kier alpha value is -1.41. The zero-order valence-corrected chi connectivity index (χ0v) is 15.2. The first-order chi connectivity index (χ1) is 10.9. The maximum Gasteiger partial charge on any atom is 0.215 e. The molecule has 1 aromatic heterocycles. The van der Waals surface area contributed by atoms with Gasteiger partial charge < -0.3 is 9.64 Å². The van der Waals surface area contributed by atoms with Gasteiger partial charge in [0.05, 0.1) is 12.9 Å². The highest BCUT2D eigenvalue weighted by Crippen LogP contribution is 2.21. The summed E-state index contributed by atoms with van der Waals surface area (Å²) in [5.41, 5.74) is 1.82. The summed E-state index contributed by atoms with van der Waals surface area (Å²) in [6.07, 6.45) is 0. The molecule has 1 atom stereocenters. The molecule has 1 N–H and O–H groups in total. The lowest BCUT2D eigenvalue weighted by atomic mass is 10.1. The van der Waals surface area contributed by atoms with Crippen LogP contribution in [-0.2, 0) is 15.8 Å². The van der Waals surface area contributed by atoms with Gasteiger partial charge in [0.15, 0.2) is 0 Å². The second-order valence-electron chi connectivity index (χ2n) is 5.50. The average molecular weight is 354 g/mol. The van der Waals surface area contributed by atoms with Crippen LogP contribution in [0.4, 0.5) is 0 Å². The summed E-state index contributed by atoms with van der Waals surface area (Å²) in [6.45, 7) is 0.343. The van der Waals surface area contributed by atoms with Crippen LogP contribution in [0.3, 0.4) is 0 Å². The number of sulfonamides is 1. The quantitative estimate of drug-likeness (QED) is 0.791. The van der Waals surface area contributed by atoms with Gasteiger partial charge in [0.2, 0.25) is 10.0 Å². The van der Waals surface area contributed by atoms with E-state index in [1.165, 1.54) is 0 Å². The molecule has 0 aliphatic carbocycles. The molecular weight excluding hydrogens is 332 g/mol. The number of nitrogens with zero attached hydrogens (tertiary/aromatic N) is 1. The molecule has 1 unspecified atom stereocenters. The number of hydrogen-bond acceptors (Lipinski definition) is 5. The van der Waals surface area contributed by atoms with Crippen molar-refractivity contribution in [1.29, 1.82) is 0 Å². The maximum atomic E-state index is 12.3. The Bertz CT molecular complexity index is 713. The number of likely N-dealkylation sites (N-methyl/N-ethyl adjacent to an activating group) is 1. The van der Waals surface area contributed by atoms with Gasteiger partial charge >= 0.3 is 0 Å². The lowest BCUT2D eigenvalue weighted by Gasteiger charge is -2.24. The Balaban J connectivity index is 2.02. The van der Waals surface area contributed by atoms with Crippen molar-refractivity contribution in [3.8, 4) is 5.75 Å². The third-order valence-corrected chi connectivity index (χ3v) is 5.56. The number of ether oxygens (including phenoxy) is 1. The molecule has 0 bridgehead atoms. The van der Waals surface area contributed by atoms with Crippen LogP contribution in [0.2, 0.25) is 0 Å². The normalized spacial score (nSPS) is 13.2. The zero-order chi connectivity index (χ0) is 16.9. The number of rotatable bonds is 8. The van der Waals surface area contributed by atoms with Crippen molar-refractivity contribution in [3.05, 3.63) is 52.2 Å². The molecule has 2 aromatic rings. The van der Waals surface area contributed by atoms with Gasteiger partial charge in [-0.1, -0.05) is 12.1 Å². The minimum atomic E-state index is -3.41.